The van der Waals surface area contributed by atoms with Crippen LogP contribution >= 0.6 is 0 Å². The predicted molar refractivity (Wildman–Crippen MR) is 107 cm³/mol. The number of hydrogen-bond donors (Lipinski definition) is 1. The zero-order chi connectivity index (χ0) is 21.0. The molecule has 0 radical (unpaired) electrons. The fourth-order valence-electron chi connectivity index (χ4n) is 3.23. The number of carbonyl (C=O) groups is 2. The minimum atomic E-state index is -0.502. The molecular weight excluding hydrogens is 372 g/mol. The van der Waals surface area contributed by atoms with Crippen molar-refractivity contribution in [2.75, 3.05) is 19.6 Å². The Bertz CT molecular complexity index is 846. The summed E-state index contributed by atoms with van der Waals surface area (Å²) < 4.78 is 10.4. The third kappa shape index (κ3) is 5.79. The molecule has 2 amide bonds. The van der Waals surface area contributed by atoms with Crippen LogP contribution in [0.3, 0.4) is 0 Å². The number of aryl methyl sites for hydroxylation is 1. The van der Waals surface area contributed by atoms with Gasteiger partial charge in [-0.05, 0) is 70.7 Å². The van der Waals surface area contributed by atoms with E-state index in [0.717, 1.165) is 18.4 Å². The summed E-state index contributed by atoms with van der Waals surface area (Å²) >= 11 is 0. The molecular formula is C21H28N4O4. The van der Waals surface area contributed by atoms with E-state index in [9.17, 15) is 9.59 Å². The van der Waals surface area contributed by atoms with Crippen molar-refractivity contribution in [1.82, 2.24) is 20.4 Å². The second kappa shape index (κ2) is 8.63. The monoisotopic (exact) mass is 400 g/mol. The smallest absolute Gasteiger partial charge is 0.407 e. The Morgan fingerprint density at radius 2 is 1.86 bits per heavy atom. The lowest BCUT2D eigenvalue weighted by atomic mass is 9.96. The van der Waals surface area contributed by atoms with Crippen LogP contribution in [0.1, 0.15) is 49.8 Å². The summed E-state index contributed by atoms with van der Waals surface area (Å²) in [7, 11) is 0. The van der Waals surface area contributed by atoms with Crippen molar-refractivity contribution >= 4 is 12.0 Å². The van der Waals surface area contributed by atoms with Crippen LogP contribution in [0, 0.1) is 12.8 Å². The Labute approximate surface area is 170 Å². The van der Waals surface area contributed by atoms with E-state index in [1.54, 1.807) is 19.1 Å². The highest BCUT2D eigenvalue weighted by atomic mass is 16.6. The average Bonchev–Trinajstić information content (AvgIpc) is 3.11. The van der Waals surface area contributed by atoms with Crippen molar-refractivity contribution in [2.45, 2.75) is 46.1 Å². The quantitative estimate of drug-likeness (QED) is 0.844. The number of nitrogens with one attached hydrogen (secondary N) is 1. The zero-order valence-corrected chi connectivity index (χ0v) is 17.4. The Kier molecular flexibility index (Phi) is 6.20. The van der Waals surface area contributed by atoms with E-state index in [1.807, 2.05) is 37.8 Å². The number of aromatic nitrogens is 2. The first-order valence-electron chi connectivity index (χ1n) is 9.88. The van der Waals surface area contributed by atoms with E-state index in [1.165, 1.54) is 0 Å². The Balaban J connectivity index is 1.48. The third-order valence-corrected chi connectivity index (χ3v) is 4.74. The number of amides is 2. The molecule has 2 heterocycles. The first-order chi connectivity index (χ1) is 13.7. The fraction of sp³-hybridized carbons (Fsp3) is 0.524. The molecule has 8 heteroatoms. The van der Waals surface area contributed by atoms with Crippen molar-refractivity contribution in [2.24, 2.45) is 5.92 Å². The topological polar surface area (TPSA) is 97.6 Å². The minimum Gasteiger partial charge on any atom is -0.444 e. The molecule has 2 aromatic rings. The van der Waals surface area contributed by atoms with Crippen molar-refractivity contribution in [1.29, 1.82) is 0 Å². The van der Waals surface area contributed by atoms with E-state index in [4.69, 9.17) is 9.26 Å². The molecule has 1 aliphatic rings. The number of rotatable bonds is 4. The summed E-state index contributed by atoms with van der Waals surface area (Å²) in [6, 6.07) is 7.20. The molecule has 156 valence electrons. The molecule has 0 unspecified atom stereocenters. The van der Waals surface area contributed by atoms with Gasteiger partial charge in [-0.15, -0.1) is 0 Å². The number of alkyl carbamates (subject to hydrolysis) is 1. The molecule has 0 saturated carbocycles. The highest BCUT2D eigenvalue weighted by molar-refractivity contribution is 5.94. The van der Waals surface area contributed by atoms with Gasteiger partial charge in [-0.1, -0.05) is 5.16 Å². The van der Waals surface area contributed by atoms with Gasteiger partial charge in [-0.3, -0.25) is 4.79 Å². The molecule has 3 rings (SSSR count). The number of ether oxygens (including phenoxy) is 1. The maximum absolute atomic E-state index is 12.8. The lowest BCUT2D eigenvalue weighted by molar-refractivity contribution is 0.0500. The number of carbonyl (C=O) groups excluding carboxylic acids is 2. The van der Waals surface area contributed by atoms with Gasteiger partial charge in [0, 0.05) is 30.8 Å². The maximum Gasteiger partial charge on any atom is 0.407 e. The molecule has 1 saturated heterocycles. The molecule has 0 aliphatic carbocycles. The Morgan fingerprint density at radius 1 is 1.21 bits per heavy atom. The summed E-state index contributed by atoms with van der Waals surface area (Å²) in [4.78, 5) is 30.6. The van der Waals surface area contributed by atoms with E-state index >= 15 is 0 Å². The molecule has 0 spiro atoms. The van der Waals surface area contributed by atoms with E-state index in [0.29, 0.717) is 42.8 Å². The fourth-order valence-corrected chi connectivity index (χ4v) is 3.23. The van der Waals surface area contributed by atoms with E-state index < -0.39 is 11.7 Å². The van der Waals surface area contributed by atoms with E-state index in [-0.39, 0.29) is 5.91 Å². The van der Waals surface area contributed by atoms with Crippen molar-refractivity contribution in [3.63, 3.8) is 0 Å². The number of hydrogen-bond acceptors (Lipinski definition) is 6. The van der Waals surface area contributed by atoms with Gasteiger partial charge in [0.1, 0.15) is 5.60 Å². The molecule has 0 atom stereocenters. The van der Waals surface area contributed by atoms with Crippen LogP contribution < -0.4 is 5.32 Å². The lowest BCUT2D eigenvalue weighted by Crippen LogP contribution is -2.42. The molecule has 1 aromatic heterocycles. The second-order valence-corrected chi connectivity index (χ2v) is 8.34. The molecule has 1 N–H and O–H groups in total. The summed E-state index contributed by atoms with van der Waals surface area (Å²) in [6.45, 7) is 9.19. The van der Waals surface area contributed by atoms with Crippen molar-refractivity contribution in [3.8, 4) is 11.5 Å². The van der Waals surface area contributed by atoms with Gasteiger partial charge in [0.2, 0.25) is 0 Å². The SMILES string of the molecule is Cc1noc(-c2ccc(C(=O)N3CCC(CNC(=O)OC(C)(C)C)CC3)cc2)n1. The number of likely N-dealkylation sites (tertiary alicyclic amines) is 1. The van der Waals surface area contributed by atoms with Crippen LogP contribution in [0.2, 0.25) is 0 Å². The number of benzene rings is 1. The van der Waals surface area contributed by atoms with Gasteiger partial charge < -0.3 is 19.5 Å². The summed E-state index contributed by atoms with van der Waals surface area (Å²) in [5, 5.41) is 6.60. The van der Waals surface area contributed by atoms with Crippen LogP contribution in [0.4, 0.5) is 4.79 Å². The van der Waals surface area contributed by atoms with Crippen LogP contribution in [0.15, 0.2) is 28.8 Å². The van der Waals surface area contributed by atoms with Gasteiger partial charge in [0.05, 0.1) is 0 Å². The van der Waals surface area contributed by atoms with Crippen molar-refractivity contribution in [3.05, 3.63) is 35.7 Å². The normalized spacial score (nSPS) is 15.2. The van der Waals surface area contributed by atoms with E-state index in [2.05, 4.69) is 15.5 Å². The van der Waals surface area contributed by atoms with Crippen molar-refractivity contribution < 1.29 is 18.8 Å². The van der Waals surface area contributed by atoms with Crippen LogP contribution in [0.25, 0.3) is 11.5 Å². The third-order valence-electron chi connectivity index (χ3n) is 4.74. The second-order valence-electron chi connectivity index (χ2n) is 8.34. The van der Waals surface area contributed by atoms with Gasteiger partial charge in [-0.25, -0.2) is 4.79 Å². The van der Waals surface area contributed by atoms with Crippen LogP contribution in [-0.4, -0.2) is 52.3 Å². The lowest BCUT2D eigenvalue weighted by Gasteiger charge is -2.32. The summed E-state index contributed by atoms with van der Waals surface area (Å²) in [5.74, 6) is 1.37. The highest BCUT2D eigenvalue weighted by Crippen LogP contribution is 2.21. The highest BCUT2D eigenvalue weighted by Gasteiger charge is 2.25. The number of piperidine rings is 1. The van der Waals surface area contributed by atoms with Gasteiger partial charge in [0.15, 0.2) is 5.82 Å². The van der Waals surface area contributed by atoms with Gasteiger partial charge in [-0.2, -0.15) is 4.98 Å². The summed E-state index contributed by atoms with van der Waals surface area (Å²) in [6.07, 6.45) is 1.30. The first-order valence-corrected chi connectivity index (χ1v) is 9.88. The average molecular weight is 400 g/mol. The molecule has 1 fully saturated rings. The van der Waals surface area contributed by atoms with Gasteiger partial charge in [0.25, 0.3) is 11.8 Å². The standard InChI is InChI=1S/C21H28N4O4/c1-14-23-18(29-24-14)16-5-7-17(8-6-16)19(26)25-11-9-15(10-12-25)13-22-20(27)28-21(2,3)4/h5-8,15H,9-13H2,1-4H3,(H,22,27). The minimum absolute atomic E-state index is 0.0109. The predicted octanol–water partition coefficient (Wildman–Crippen LogP) is 3.42. The zero-order valence-electron chi connectivity index (χ0n) is 17.4. The van der Waals surface area contributed by atoms with Crippen LogP contribution in [0.5, 0.6) is 0 Å². The van der Waals surface area contributed by atoms with Crippen LogP contribution in [-0.2, 0) is 4.74 Å². The molecule has 1 aliphatic heterocycles. The Morgan fingerprint density at radius 3 is 2.41 bits per heavy atom. The molecule has 8 nitrogen and oxygen atoms in total. The molecule has 1 aromatic carbocycles. The summed E-state index contributed by atoms with van der Waals surface area (Å²) in [5.41, 5.74) is 0.919. The van der Waals surface area contributed by atoms with Gasteiger partial charge >= 0.3 is 6.09 Å². The largest absolute Gasteiger partial charge is 0.444 e. The molecule has 29 heavy (non-hydrogen) atoms. The maximum atomic E-state index is 12.8. The molecule has 0 bridgehead atoms. The Hall–Kier alpha value is -2.90. The number of nitrogens with zero attached hydrogens (tertiary/aromatic N) is 3. The first kappa shape index (κ1) is 20.8.